The Labute approximate surface area is 127 Å². The van der Waals surface area contributed by atoms with E-state index >= 15 is 0 Å². The van der Waals surface area contributed by atoms with Crippen molar-refractivity contribution in [1.82, 2.24) is 10.6 Å². The highest BCUT2D eigenvalue weighted by atomic mass is 16.5. The summed E-state index contributed by atoms with van der Waals surface area (Å²) in [6.45, 7) is 9.56. The molecule has 1 fully saturated rings. The van der Waals surface area contributed by atoms with E-state index in [9.17, 15) is 4.79 Å². The van der Waals surface area contributed by atoms with E-state index in [0.29, 0.717) is 6.54 Å². The van der Waals surface area contributed by atoms with Crippen LogP contribution in [-0.4, -0.2) is 24.1 Å². The van der Waals surface area contributed by atoms with Crippen LogP contribution in [0.25, 0.3) is 0 Å². The average Bonchev–Trinajstić information content (AvgIpc) is 2.89. The monoisotopic (exact) mass is 290 g/mol. The Morgan fingerprint density at radius 2 is 2.19 bits per heavy atom. The molecule has 1 aliphatic rings. The van der Waals surface area contributed by atoms with E-state index in [4.69, 9.17) is 4.74 Å². The van der Waals surface area contributed by atoms with E-state index in [1.54, 1.807) is 0 Å². The molecule has 116 valence electrons. The number of hydrogen-bond acceptors (Lipinski definition) is 3. The lowest BCUT2D eigenvalue weighted by atomic mass is 10.1. The Kier molecular flexibility index (Phi) is 4.88. The van der Waals surface area contributed by atoms with Crippen LogP contribution in [0.2, 0.25) is 0 Å². The largest absolute Gasteiger partial charge is 0.488 e. The third-order valence-electron chi connectivity index (χ3n) is 3.47. The summed E-state index contributed by atoms with van der Waals surface area (Å²) in [5.74, 6) is 0.928. The van der Waals surface area contributed by atoms with Crippen molar-refractivity contribution in [1.29, 1.82) is 0 Å². The fraction of sp³-hybridized carbons (Fsp3) is 0.588. The van der Waals surface area contributed by atoms with E-state index < -0.39 is 0 Å². The number of amides is 1. The second-order valence-corrected chi connectivity index (χ2v) is 6.69. The molecule has 1 atom stereocenters. The number of ether oxygens (including phenoxy) is 1. The van der Waals surface area contributed by atoms with Crippen molar-refractivity contribution in [2.24, 2.45) is 0 Å². The van der Waals surface area contributed by atoms with Crippen molar-refractivity contribution in [3.8, 4) is 5.75 Å². The molecule has 0 spiro atoms. The molecule has 0 aliphatic carbocycles. The van der Waals surface area contributed by atoms with Crippen LogP contribution in [-0.2, 0) is 11.3 Å². The first-order valence-corrected chi connectivity index (χ1v) is 7.65. The number of rotatable bonds is 4. The van der Waals surface area contributed by atoms with Gasteiger partial charge in [0.15, 0.2) is 0 Å². The van der Waals surface area contributed by atoms with Crippen LogP contribution in [0, 0.1) is 6.92 Å². The van der Waals surface area contributed by atoms with E-state index in [1.165, 1.54) is 0 Å². The molecule has 1 aliphatic heterocycles. The molecule has 1 aromatic carbocycles. The van der Waals surface area contributed by atoms with Crippen LogP contribution in [0.15, 0.2) is 18.2 Å². The molecule has 0 radical (unpaired) electrons. The van der Waals surface area contributed by atoms with Gasteiger partial charge in [0.2, 0.25) is 5.91 Å². The number of hydrogen-bond donors (Lipinski definition) is 2. The lowest BCUT2D eigenvalue weighted by Gasteiger charge is -2.24. The van der Waals surface area contributed by atoms with Gasteiger partial charge in [0.25, 0.3) is 0 Å². The van der Waals surface area contributed by atoms with Crippen molar-refractivity contribution in [2.75, 3.05) is 6.54 Å². The first-order chi connectivity index (χ1) is 9.85. The van der Waals surface area contributed by atoms with Gasteiger partial charge >= 0.3 is 0 Å². The fourth-order valence-corrected chi connectivity index (χ4v) is 2.45. The summed E-state index contributed by atoms with van der Waals surface area (Å²) in [5.41, 5.74) is 1.92. The van der Waals surface area contributed by atoms with E-state index in [2.05, 4.69) is 10.6 Å². The molecular weight excluding hydrogens is 264 g/mol. The molecule has 4 nitrogen and oxygen atoms in total. The second-order valence-electron chi connectivity index (χ2n) is 6.69. The van der Waals surface area contributed by atoms with Crippen LogP contribution in [0.1, 0.15) is 44.7 Å². The number of aryl methyl sites for hydroxylation is 1. The molecule has 2 rings (SSSR count). The molecule has 4 heteroatoms. The highest BCUT2D eigenvalue weighted by Gasteiger charge is 2.22. The third-order valence-corrected chi connectivity index (χ3v) is 3.47. The summed E-state index contributed by atoms with van der Waals surface area (Å²) in [5, 5.41) is 6.22. The number of carbonyl (C=O) groups is 1. The summed E-state index contributed by atoms with van der Waals surface area (Å²) < 4.78 is 6.00. The van der Waals surface area contributed by atoms with Gasteiger partial charge in [-0.05, 0) is 58.7 Å². The van der Waals surface area contributed by atoms with Crippen LogP contribution in [0.4, 0.5) is 0 Å². The van der Waals surface area contributed by atoms with Crippen LogP contribution < -0.4 is 15.4 Å². The molecule has 0 aromatic heterocycles. The summed E-state index contributed by atoms with van der Waals surface area (Å²) in [4.78, 5) is 12.1. The van der Waals surface area contributed by atoms with Crippen molar-refractivity contribution in [2.45, 2.75) is 58.7 Å². The lowest BCUT2D eigenvalue weighted by molar-refractivity contribution is -0.122. The molecule has 0 saturated carbocycles. The predicted octanol–water partition coefficient (Wildman–Crippen LogP) is 2.54. The van der Waals surface area contributed by atoms with Crippen molar-refractivity contribution in [3.63, 3.8) is 0 Å². The summed E-state index contributed by atoms with van der Waals surface area (Å²) in [7, 11) is 0. The van der Waals surface area contributed by atoms with Crippen molar-refractivity contribution in [3.05, 3.63) is 29.3 Å². The van der Waals surface area contributed by atoms with E-state index in [0.717, 1.165) is 36.3 Å². The molecular formula is C17H26N2O2. The highest BCUT2D eigenvalue weighted by molar-refractivity contribution is 5.82. The smallest absolute Gasteiger partial charge is 0.237 e. The van der Waals surface area contributed by atoms with Gasteiger partial charge in [-0.3, -0.25) is 4.79 Å². The lowest BCUT2D eigenvalue weighted by Crippen LogP contribution is -2.40. The minimum absolute atomic E-state index is 0.0394. The minimum atomic E-state index is -0.250. The normalized spacial score (nSPS) is 18.6. The third kappa shape index (κ3) is 4.74. The molecule has 21 heavy (non-hydrogen) atoms. The molecule has 1 amide bonds. The molecule has 0 bridgehead atoms. The Hall–Kier alpha value is -1.55. The van der Waals surface area contributed by atoms with Gasteiger partial charge in [-0.25, -0.2) is 0 Å². The predicted molar refractivity (Wildman–Crippen MR) is 84.4 cm³/mol. The number of nitrogens with one attached hydrogen (secondary N) is 2. The molecule has 2 N–H and O–H groups in total. The highest BCUT2D eigenvalue weighted by Crippen LogP contribution is 2.24. The first-order valence-electron chi connectivity index (χ1n) is 7.65. The summed E-state index contributed by atoms with van der Waals surface area (Å²) in [6, 6.07) is 6.06. The van der Waals surface area contributed by atoms with E-state index in [-0.39, 0.29) is 17.6 Å². The Bertz CT molecular complexity index is 500. The molecule has 1 aromatic rings. The van der Waals surface area contributed by atoms with Gasteiger partial charge in [0.1, 0.15) is 11.4 Å². The van der Waals surface area contributed by atoms with Crippen molar-refractivity contribution >= 4 is 5.91 Å². The van der Waals surface area contributed by atoms with Crippen LogP contribution in [0.3, 0.4) is 0 Å². The quantitative estimate of drug-likeness (QED) is 0.896. The van der Waals surface area contributed by atoms with Gasteiger partial charge in [-0.1, -0.05) is 12.1 Å². The fourth-order valence-electron chi connectivity index (χ4n) is 2.45. The van der Waals surface area contributed by atoms with Gasteiger partial charge in [-0.2, -0.15) is 0 Å². The second kappa shape index (κ2) is 6.48. The Morgan fingerprint density at radius 3 is 2.81 bits per heavy atom. The summed E-state index contributed by atoms with van der Waals surface area (Å²) >= 11 is 0. The first kappa shape index (κ1) is 15.8. The topological polar surface area (TPSA) is 50.4 Å². The maximum atomic E-state index is 12.1. The minimum Gasteiger partial charge on any atom is -0.488 e. The SMILES string of the molecule is Cc1ccc(CNC(=O)C2CCCN2)c(OC(C)(C)C)c1. The molecule has 1 heterocycles. The van der Waals surface area contributed by atoms with Crippen LogP contribution in [0.5, 0.6) is 5.75 Å². The zero-order valence-corrected chi connectivity index (χ0v) is 13.5. The van der Waals surface area contributed by atoms with Crippen molar-refractivity contribution < 1.29 is 9.53 Å². The summed E-state index contributed by atoms with van der Waals surface area (Å²) in [6.07, 6.45) is 1.99. The average molecular weight is 290 g/mol. The Morgan fingerprint density at radius 1 is 1.43 bits per heavy atom. The van der Waals surface area contributed by atoms with E-state index in [1.807, 2.05) is 45.9 Å². The molecule has 1 saturated heterocycles. The maximum absolute atomic E-state index is 12.1. The standard InChI is InChI=1S/C17H26N2O2/c1-12-7-8-13(15(10-12)21-17(2,3)4)11-19-16(20)14-6-5-9-18-14/h7-8,10,14,18H,5-6,9,11H2,1-4H3,(H,19,20). The molecule has 1 unspecified atom stereocenters. The maximum Gasteiger partial charge on any atom is 0.237 e. The number of benzene rings is 1. The number of carbonyl (C=O) groups excluding carboxylic acids is 1. The Balaban J connectivity index is 2.03. The van der Waals surface area contributed by atoms with Gasteiger partial charge in [-0.15, -0.1) is 0 Å². The van der Waals surface area contributed by atoms with Gasteiger partial charge in [0.05, 0.1) is 6.04 Å². The van der Waals surface area contributed by atoms with Gasteiger partial charge < -0.3 is 15.4 Å². The zero-order valence-electron chi connectivity index (χ0n) is 13.5. The van der Waals surface area contributed by atoms with Crippen LogP contribution >= 0.6 is 0 Å². The zero-order chi connectivity index (χ0) is 15.5. The van der Waals surface area contributed by atoms with Gasteiger partial charge in [0, 0.05) is 12.1 Å².